The minimum Gasteiger partial charge on any atom is -0.458 e. The smallest absolute Gasteiger partial charge is 0.306 e. The van der Waals surface area contributed by atoms with Crippen molar-refractivity contribution in [2.24, 2.45) is 22.7 Å². The Bertz CT molecular complexity index is 927. The van der Waals surface area contributed by atoms with Gasteiger partial charge >= 0.3 is 11.9 Å². The number of aliphatic hydroxyl groups excluding tert-OH is 1. The molecule has 8 atom stereocenters. The van der Waals surface area contributed by atoms with Crippen LogP contribution < -0.4 is 0 Å². The highest BCUT2D eigenvalue weighted by atomic mass is 16.6. The number of carbonyl (C=O) groups is 3. The third kappa shape index (κ3) is 4.13. The molecule has 3 rings (SSSR count). The van der Waals surface area contributed by atoms with Crippen LogP contribution in [-0.4, -0.2) is 63.0 Å². The Hall–Kier alpha value is -1.77. The lowest BCUT2D eigenvalue weighted by molar-refractivity contribution is -0.371. The van der Waals surface area contributed by atoms with Crippen molar-refractivity contribution in [3.05, 3.63) is 12.7 Å². The maximum Gasteiger partial charge on any atom is 0.306 e. The second kappa shape index (κ2) is 9.21. The lowest BCUT2D eigenvalue weighted by Crippen LogP contribution is -2.87. The molecular formula is C28H44O8. The molecule has 0 aromatic heterocycles. The predicted octanol–water partition coefficient (Wildman–Crippen LogP) is 3.51. The Balaban J connectivity index is 2.29. The molecule has 0 unspecified atom stereocenters. The van der Waals surface area contributed by atoms with Crippen molar-refractivity contribution < 1.29 is 38.8 Å². The zero-order valence-corrected chi connectivity index (χ0v) is 23.1. The minimum atomic E-state index is -2.23. The molecule has 1 heterocycles. The normalized spacial score (nSPS) is 43.8. The number of fused-ring (bicyclic) bond motifs is 3. The third-order valence-electron chi connectivity index (χ3n) is 9.19. The number of aliphatic hydroxyl groups is 2. The van der Waals surface area contributed by atoms with Crippen molar-refractivity contribution in [2.75, 3.05) is 0 Å². The first-order valence-corrected chi connectivity index (χ1v) is 13.0. The molecule has 2 N–H and O–H groups in total. The average Bonchev–Trinajstić information content (AvgIpc) is 2.75. The number of hydrogen-bond donors (Lipinski definition) is 2. The number of ketones is 1. The zero-order valence-electron chi connectivity index (χ0n) is 23.1. The number of carbonyl (C=O) groups excluding carboxylic acids is 3. The second-order valence-corrected chi connectivity index (χ2v) is 12.8. The van der Waals surface area contributed by atoms with Crippen LogP contribution in [0.4, 0.5) is 0 Å². The van der Waals surface area contributed by atoms with Crippen LogP contribution in [-0.2, 0) is 28.6 Å². The van der Waals surface area contributed by atoms with E-state index >= 15 is 0 Å². The van der Waals surface area contributed by atoms with E-state index in [2.05, 4.69) is 6.58 Å². The molecule has 36 heavy (non-hydrogen) atoms. The van der Waals surface area contributed by atoms with E-state index in [1.807, 2.05) is 27.7 Å². The molecule has 0 amide bonds. The fourth-order valence-electron chi connectivity index (χ4n) is 7.36. The van der Waals surface area contributed by atoms with Gasteiger partial charge in [-0.25, -0.2) is 0 Å². The molecule has 0 radical (unpaired) electrons. The Morgan fingerprint density at radius 3 is 2.33 bits per heavy atom. The monoisotopic (exact) mass is 508 g/mol. The standard InChI is InChI=1S/C28H44O8/c1-10-25(7)15-19(31)28(33)26(8)18(30)13-14-24(5,6)22(26)21(35-20(32)12-11-16(2)3)23(34-17(4)29)27(28,9)36-25/h10,16,18,21-23,30,33H,1,11-15H2,2-9H3/t18-,21-,22-,23-,25-,26-,27+,28-/m0/s1. The molecule has 3 fully saturated rings. The topological polar surface area (TPSA) is 119 Å². The SMILES string of the molecule is C=C[C@@]1(C)CC(=O)[C@]2(O)[C@@]3(C)[C@@H](O)CCC(C)(C)[C@@H]3[C@H](OC(=O)CCC(C)C)[C@H](OC(C)=O)[C@@]2(C)O1. The summed E-state index contributed by atoms with van der Waals surface area (Å²) >= 11 is 0. The second-order valence-electron chi connectivity index (χ2n) is 12.8. The molecule has 204 valence electrons. The number of hydrogen-bond acceptors (Lipinski definition) is 8. The number of rotatable bonds is 6. The molecule has 8 heteroatoms. The van der Waals surface area contributed by atoms with Gasteiger partial charge < -0.3 is 24.4 Å². The van der Waals surface area contributed by atoms with E-state index in [0.29, 0.717) is 19.3 Å². The highest BCUT2D eigenvalue weighted by molar-refractivity contribution is 5.92. The Kier molecular flexibility index (Phi) is 7.36. The van der Waals surface area contributed by atoms with Gasteiger partial charge in [-0.1, -0.05) is 40.7 Å². The molecule has 2 saturated carbocycles. The van der Waals surface area contributed by atoms with Crippen LogP contribution in [0.25, 0.3) is 0 Å². The molecule has 2 aliphatic carbocycles. The minimum absolute atomic E-state index is 0.163. The van der Waals surface area contributed by atoms with Gasteiger partial charge in [-0.05, 0) is 44.4 Å². The van der Waals surface area contributed by atoms with Gasteiger partial charge in [0.1, 0.15) is 11.7 Å². The molecule has 0 spiro atoms. The van der Waals surface area contributed by atoms with E-state index in [-0.39, 0.29) is 18.8 Å². The van der Waals surface area contributed by atoms with Crippen LogP contribution >= 0.6 is 0 Å². The molecule has 0 bridgehead atoms. The van der Waals surface area contributed by atoms with Gasteiger partial charge in [0.05, 0.1) is 11.7 Å². The van der Waals surface area contributed by atoms with Gasteiger partial charge in [0, 0.05) is 31.1 Å². The van der Waals surface area contributed by atoms with Crippen molar-refractivity contribution in [3.8, 4) is 0 Å². The molecule has 1 aliphatic heterocycles. The van der Waals surface area contributed by atoms with E-state index in [4.69, 9.17) is 14.2 Å². The Morgan fingerprint density at radius 1 is 1.19 bits per heavy atom. The highest BCUT2D eigenvalue weighted by Crippen LogP contribution is 2.67. The summed E-state index contributed by atoms with van der Waals surface area (Å²) < 4.78 is 18.4. The van der Waals surface area contributed by atoms with Crippen molar-refractivity contribution in [1.29, 1.82) is 0 Å². The van der Waals surface area contributed by atoms with E-state index in [0.717, 1.165) is 0 Å². The maximum absolute atomic E-state index is 13.9. The van der Waals surface area contributed by atoms with E-state index in [1.165, 1.54) is 19.9 Å². The lowest BCUT2D eigenvalue weighted by atomic mass is 9.39. The molecule has 0 aromatic rings. The van der Waals surface area contributed by atoms with Gasteiger partial charge in [-0.15, -0.1) is 6.58 Å². The van der Waals surface area contributed by atoms with Crippen LogP contribution in [0.2, 0.25) is 0 Å². The van der Waals surface area contributed by atoms with Crippen LogP contribution in [0.5, 0.6) is 0 Å². The molecule has 1 saturated heterocycles. The summed E-state index contributed by atoms with van der Waals surface area (Å²) in [5, 5.41) is 24.0. The molecule has 0 aromatic carbocycles. The molecule has 8 nitrogen and oxygen atoms in total. The van der Waals surface area contributed by atoms with Gasteiger partial charge in [0.15, 0.2) is 17.5 Å². The fraction of sp³-hybridized carbons (Fsp3) is 0.821. The first-order valence-electron chi connectivity index (χ1n) is 13.0. The zero-order chi connectivity index (χ0) is 27.5. The summed E-state index contributed by atoms with van der Waals surface area (Å²) in [7, 11) is 0. The summed E-state index contributed by atoms with van der Waals surface area (Å²) in [6, 6.07) is 0. The van der Waals surface area contributed by atoms with Gasteiger partial charge in [-0.2, -0.15) is 0 Å². The Morgan fingerprint density at radius 2 is 1.81 bits per heavy atom. The van der Waals surface area contributed by atoms with E-state index in [1.54, 1.807) is 13.8 Å². The van der Waals surface area contributed by atoms with Crippen LogP contribution in [0.1, 0.15) is 87.5 Å². The predicted molar refractivity (Wildman–Crippen MR) is 133 cm³/mol. The largest absolute Gasteiger partial charge is 0.458 e. The summed E-state index contributed by atoms with van der Waals surface area (Å²) in [5.41, 5.74) is -7.26. The van der Waals surface area contributed by atoms with Crippen LogP contribution in [0.15, 0.2) is 12.7 Å². The average molecular weight is 509 g/mol. The fourth-order valence-corrected chi connectivity index (χ4v) is 7.36. The van der Waals surface area contributed by atoms with Gasteiger partial charge in [-0.3, -0.25) is 14.4 Å². The van der Waals surface area contributed by atoms with Crippen molar-refractivity contribution in [2.45, 2.75) is 123 Å². The maximum atomic E-state index is 13.9. The summed E-state index contributed by atoms with van der Waals surface area (Å²) in [4.78, 5) is 39.4. The summed E-state index contributed by atoms with van der Waals surface area (Å²) in [6.45, 7) is 17.9. The number of ether oxygens (including phenoxy) is 3. The first kappa shape index (κ1) is 28.8. The van der Waals surface area contributed by atoms with Crippen molar-refractivity contribution >= 4 is 17.7 Å². The number of Topliss-reactive ketones (excluding diaryl/α,β-unsaturated/α-hetero) is 1. The van der Waals surface area contributed by atoms with Crippen LogP contribution in [0.3, 0.4) is 0 Å². The molecule has 3 aliphatic rings. The summed E-state index contributed by atoms with van der Waals surface area (Å²) in [6.07, 6.45) is -0.437. The van der Waals surface area contributed by atoms with E-state index in [9.17, 15) is 24.6 Å². The van der Waals surface area contributed by atoms with Crippen molar-refractivity contribution in [1.82, 2.24) is 0 Å². The summed E-state index contributed by atoms with van der Waals surface area (Å²) in [5.74, 6) is -2.08. The Labute approximate surface area is 214 Å². The van der Waals surface area contributed by atoms with Gasteiger partial charge in [0.25, 0.3) is 0 Å². The van der Waals surface area contributed by atoms with Crippen LogP contribution in [0, 0.1) is 22.7 Å². The van der Waals surface area contributed by atoms with Crippen molar-refractivity contribution in [3.63, 3.8) is 0 Å². The quantitative estimate of drug-likeness (QED) is 0.413. The van der Waals surface area contributed by atoms with Gasteiger partial charge in [0.2, 0.25) is 0 Å². The number of esters is 2. The highest BCUT2D eigenvalue weighted by Gasteiger charge is 2.82. The first-order chi connectivity index (χ1) is 16.4. The lowest BCUT2D eigenvalue weighted by Gasteiger charge is -2.71. The van der Waals surface area contributed by atoms with E-state index < -0.39 is 69.6 Å². The molecular weight excluding hydrogens is 464 g/mol. The third-order valence-corrected chi connectivity index (χ3v) is 9.19.